The van der Waals surface area contributed by atoms with Crippen molar-refractivity contribution in [3.63, 3.8) is 0 Å². The fourth-order valence-electron chi connectivity index (χ4n) is 4.17. The largest absolute Gasteiger partial charge is 0.503 e. The molecular formula is C21H24ClNO5. The summed E-state index contributed by atoms with van der Waals surface area (Å²) in [7, 11) is 2.73. The van der Waals surface area contributed by atoms with Gasteiger partial charge in [0.25, 0.3) is 0 Å². The van der Waals surface area contributed by atoms with Gasteiger partial charge >= 0.3 is 5.97 Å². The normalized spacial score (nSPS) is 23.8. The van der Waals surface area contributed by atoms with E-state index in [9.17, 15) is 14.7 Å². The Morgan fingerprint density at radius 3 is 2.57 bits per heavy atom. The molecule has 0 saturated carbocycles. The molecule has 6 nitrogen and oxygen atoms in total. The second kappa shape index (κ2) is 7.24. The first kappa shape index (κ1) is 20.4. The monoisotopic (exact) mass is 405 g/mol. The first-order chi connectivity index (χ1) is 13.1. The molecule has 1 aliphatic heterocycles. The van der Waals surface area contributed by atoms with Gasteiger partial charge in [0.2, 0.25) is 0 Å². The van der Waals surface area contributed by atoms with Crippen LogP contribution in [-0.4, -0.2) is 36.8 Å². The summed E-state index contributed by atoms with van der Waals surface area (Å²) in [5.41, 5.74) is 2.21. The van der Waals surface area contributed by atoms with E-state index in [2.05, 4.69) is 4.99 Å². The van der Waals surface area contributed by atoms with Gasteiger partial charge in [0.1, 0.15) is 5.92 Å². The van der Waals surface area contributed by atoms with Gasteiger partial charge < -0.3 is 14.6 Å². The van der Waals surface area contributed by atoms with Crippen molar-refractivity contribution < 1.29 is 24.2 Å². The van der Waals surface area contributed by atoms with Crippen molar-refractivity contribution in [2.45, 2.75) is 39.5 Å². The fraction of sp³-hybridized carbons (Fsp3) is 0.476. The van der Waals surface area contributed by atoms with E-state index in [1.54, 1.807) is 19.1 Å². The molecule has 0 saturated heterocycles. The minimum absolute atomic E-state index is 0.0374. The summed E-state index contributed by atoms with van der Waals surface area (Å²) < 4.78 is 10.2. The number of phenolic OH excluding ortho intramolecular Hbond substituents is 1. The third kappa shape index (κ3) is 3.41. The number of ether oxygens (including phenoxy) is 2. The number of rotatable bonds is 3. The van der Waals surface area contributed by atoms with Crippen LogP contribution in [-0.2, 0) is 14.3 Å². The molecule has 1 N–H and O–H groups in total. The molecule has 7 heteroatoms. The number of phenols is 1. The SMILES string of the molecule is COC(=O)C1C(C)=NC2=C(C(=O)CC(C)(C)C2)[C@@H]1c1cc(Cl)c(O)c(OC)c1. The molecule has 1 heterocycles. The van der Waals surface area contributed by atoms with E-state index in [1.165, 1.54) is 14.2 Å². The van der Waals surface area contributed by atoms with Gasteiger partial charge in [-0.1, -0.05) is 25.4 Å². The highest BCUT2D eigenvalue weighted by molar-refractivity contribution is 6.32. The molecular weight excluding hydrogens is 382 g/mol. The van der Waals surface area contributed by atoms with Gasteiger partial charge in [-0.2, -0.15) is 0 Å². The van der Waals surface area contributed by atoms with E-state index in [0.29, 0.717) is 35.4 Å². The van der Waals surface area contributed by atoms with E-state index in [4.69, 9.17) is 21.1 Å². The summed E-state index contributed by atoms with van der Waals surface area (Å²) in [6, 6.07) is 3.17. The van der Waals surface area contributed by atoms with Crippen LogP contribution < -0.4 is 4.74 Å². The number of aromatic hydroxyl groups is 1. The number of esters is 1. The zero-order chi connectivity index (χ0) is 20.8. The lowest BCUT2D eigenvalue weighted by molar-refractivity contribution is -0.143. The summed E-state index contributed by atoms with van der Waals surface area (Å²) in [6.07, 6.45) is 1.01. The molecule has 0 fully saturated rings. The third-order valence-electron chi connectivity index (χ3n) is 5.39. The Kier molecular flexibility index (Phi) is 5.28. The van der Waals surface area contributed by atoms with E-state index < -0.39 is 17.8 Å². The van der Waals surface area contributed by atoms with Gasteiger partial charge in [-0.15, -0.1) is 0 Å². The third-order valence-corrected chi connectivity index (χ3v) is 5.68. The molecule has 2 atom stereocenters. The number of allylic oxidation sites excluding steroid dienone is 2. The van der Waals surface area contributed by atoms with Crippen LogP contribution in [0.25, 0.3) is 0 Å². The first-order valence-corrected chi connectivity index (χ1v) is 9.43. The molecule has 0 spiro atoms. The number of carbonyl (C=O) groups is 2. The average Bonchev–Trinajstić information content (AvgIpc) is 2.61. The smallest absolute Gasteiger partial charge is 0.315 e. The van der Waals surface area contributed by atoms with E-state index in [1.807, 2.05) is 13.8 Å². The Balaban J connectivity index is 2.26. The number of ketones is 1. The van der Waals surface area contributed by atoms with Crippen LogP contribution in [0.4, 0.5) is 0 Å². The molecule has 1 aromatic rings. The molecule has 1 aliphatic carbocycles. The van der Waals surface area contributed by atoms with Crippen molar-refractivity contribution in [2.24, 2.45) is 16.3 Å². The second-order valence-corrected chi connectivity index (χ2v) is 8.49. The number of benzene rings is 1. The van der Waals surface area contributed by atoms with Gasteiger partial charge in [-0.05, 0) is 36.5 Å². The minimum atomic E-state index is -0.751. The molecule has 1 aromatic carbocycles. The van der Waals surface area contributed by atoms with E-state index >= 15 is 0 Å². The number of methoxy groups -OCH3 is 2. The molecule has 0 amide bonds. The van der Waals surface area contributed by atoms with E-state index in [0.717, 1.165) is 0 Å². The number of Topliss-reactive ketones (excluding diaryl/α,β-unsaturated/α-hetero) is 1. The fourth-order valence-corrected chi connectivity index (χ4v) is 4.39. The summed E-state index contributed by atoms with van der Waals surface area (Å²) >= 11 is 6.19. The van der Waals surface area contributed by atoms with Crippen LogP contribution >= 0.6 is 11.6 Å². The number of nitrogens with zero attached hydrogens (tertiary/aromatic N) is 1. The maximum absolute atomic E-state index is 13.1. The molecule has 28 heavy (non-hydrogen) atoms. The highest BCUT2D eigenvalue weighted by atomic mass is 35.5. The lowest BCUT2D eigenvalue weighted by atomic mass is 9.67. The quantitative estimate of drug-likeness (QED) is 0.767. The van der Waals surface area contributed by atoms with Crippen molar-refractivity contribution in [1.82, 2.24) is 0 Å². The highest BCUT2D eigenvalue weighted by Crippen LogP contribution is 2.49. The Morgan fingerprint density at radius 1 is 1.29 bits per heavy atom. The summed E-state index contributed by atoms with van der Waals surface area (Å²) in [5.74, 6) is -1.87. The minimum Gasteiger partial charge on any atom is -0.503 e. The first-order valence-electron chi connectivity index (χ1n) is 9.05. The second-order valence-electron chi connectivity index (χ2n) is 8.09. The lowest BCUT2D eigenvalue weighted by Gasteiger charge is -2.39. The van der Waals surface area contributed by atoms with Crippen LogP contribution in [0.2, 0.25) is 5.02 Å². The Labute approximate surface area is 169 Å². The van der Waals surface area contributed by atoms with Crippen molar-refractivity contribution in [2.75, 3.05) is 14.2 Å². The van der Waals surface area contributed by atoms with Gasteiger partial charge in [-0.25, -0.2) is 0 Å². The van der Waals surface area contributed by atoms with Crippen LogP contribution in [0.5, 0.6) is 11.5 Å². The topological polar surface area (TPSA) is 85.2 Å². The van der Waals surface area contributed by atoms with E-state index in [-0.39, 0.29) is 27.7 Å². The summed E-state index contributed by atoms with van der Waals surface area (Å²) in [4.78, 5) is 30.3. The molecule has 1 unspecified atom stereocenters. The van der Waals surface area contributed by atoms with Crippen molar-refractivity contribution >= 4 is 29.1 Å². The van der Waals surface area contributed by atoms with Crippen LogP contribution in [0.1, 0.15) is 45.1 Å². The van der Waals surface area contributed by atoms with Crippen LogP contribution in [0, 0.1) is 11.3 Å². The van der Waals surface area contributed by atoms with Crippen molar-refractivity contribution in [3.8, 4) is 11.5 Å². The molecule has 0 radical (unpaired) electrons. The predicted molar refractivity (Wildman–Crippen MR) is 106 cm³/mol. The highest BCUT2D eigenvalue weighted by Gasteiger charge is 2.46. The molecule has 0 aromatic heterocycles. The van der Waals surface area contributed by atoms with Gasteiger partial charge in [0.05, 0.1) is 19.2 Å². The number of halogens is 1. The Morgan fingerprint density at radius 2 is 1.96 bits per heavy atom. The number of aliphatic imine (C=N–C) groups is 1. The number of carbonyl (C=O) groups excluding carboxylic acids is 2. The van der Waals surface area contributed by atoms with Crippen LogP contribution in [0.3, 0.4) is 0 Å². The molecule has 2 aliphatic rings. The number of hydrogen-bond acceptors (Lipinski definition) is 6. The van der Waals surface area contributed by atoms with Gasteiger partial charge in [0, 0.05) is 29.3 Å². The summed E-state index contributed by atoms with van der Waals surface area (Å²) in [6.45, 7) is 5.83. The molecule has 3 rings (SSSR count). The standard InChI is InChI=1S/C21H24ClNO5/c1-10-16(20(26)28-5)17(11-6-12(22)19(25)15(7-11)27-4)18-13(23-10)8-21(2,3)9-14(18)24/h6-7,16-17,25H,8-9H2,1-5H3/t16?,17-/m1/s1. The average molecular weight is 406 g/mol. The summed E-state index contributed by atoms with van der Waals surface area (Å²) in [5, 5.41) is 10.2. The maximum atomic E-state index is 13.1. The van der Waals surface area contributed by atoms with Crippen LogP contribution in [0.15, 0.2) is 28.4 Å². The Bertz CT molecular complexity index is 916. The zero-order valence-electron chi connectivity index (χ0n) is 16.6. The Hall–Kier alpha value is -2.34. The van der Waals surface area contributed by atoms with Gasteiger partial charge in [-0.3, -0.25) is 14.6 Å². The maximum Gasteiger partial charge on any atom is 0.315 e. The lowest BCUT2D eigenvalue weighted by Crippen LogP contribution is -2.39. The zero-order valence-corrected chi connectivity index (χ0v) is 17.4. The molecule has 150 valence electrons. The van der Waals surface area contributed by atoms with Crippen molar-refractivity contribution in [1.29, 1.82) is 0 Å². The number of hydrogen-bond donors (Lipinski definition) is 1. The van der Waals surface area contributed by atoms with Crippen molar-refractivity contribution in [3.05, 3.63) is 34.0 Å². The van der Waals surface area contributed by atoms with Gasteiger partial charge in [0.15, 0.2) is 17.3 Å². The predicted octanol–water partition coefficient (Wildman–Crippen LogP) is 4.04. The molecule has 0 bridgehead atoms.